The van der Waals surface area contributed by atoms with Gasteiger partial charge < -0.3 is 15.7 Å². The number of benzene rings is 1. The van der Waals surface area contributed by atoms with E-state index in [0.717, 1.165) is 5.56 Å². The quantitative estimate of drug-likeness (QED) is 0.721. The minimum Gasteiger partial charge on any atom is -0.481 e. The molecule has 0 fully saturated rings. The maximum absolute atomic E-state index is 13.0. The smallest absolute Gasteiger partial charge is 0.314 e. The number of hydrogen-bond acceptors (Lipinski definition) is 2. The second-order valence-electron chi connectivity index (χ2n) is 5.21. The van der Waals surface area contributed by atoms with Gasteiger partial charge in [0.15, 0.2) is 0 Å². The number of halogens is 1. The summed E-state index contributed by atoms with van der Waals surface area (Å²) >= 11 is 0. The lowest BCUT2D eigenvalue weighted by Crippen LogP contribution is -2.45. The van der Waals surface area contributed by atoms with Crippen molar-refractivity contribution in [2.45, 2.75) is 26.7 Å². The molecule has 1 atom stereocenters. The van der Waals surface area contributed by atoms with Gasteiger partial charge >= 0.3 is 12.0 Å². The van der Waals surface area contributed by atoms with E-state index in [1.807, 2.05) is 0 Å². The van der Waals surface area contributed by atoms with Crippen LogP contribution >= 0.6 is 0 Å². The molecule has 1 rings (SSSR count). The van der Waals surface area contributed by atoms with E-state index in [1.54, 1.807) is 26.0 Å². The first kappa shape index (κ1) is 16.9. The summed E-state index contributed by atoms with van der Waals surface area (Å²) in [4.78, 5) is 22.7. The molecule has 1 unspecified atom stereocenters. The standard InChI is InChI=1S/C15H21FN2O3/c1-3-15(2,13(19)20)10-18-14(21)17-8-7-11-5-4-6-12(16)9-11/h4-6,9H,3,7-8,10H2,1-2H3,(H,19,20)(H2,17,18,21). The van der Waals surface area contributed by atoms with Crippen molar-refractivity contribution in [3.63, 3.8) is 0 Å². The van der Waals surface area contributed by atoms with Crippen LogP contribution in [-0.4, -0.2) is 30.2 Å². The lowest BCUT2D eigenvalue weighted by atomic mass is 9.88. The third-order valence-corrected chi connectivity index (χ3v) is 3.52. The Morgan fingerprint density at radius 1 is 1.33 bits per heavy atom. The van der Waals surface area contributed by atoms with Crippen LogP contribution in [0.25, 0.3) is 0 Å². The molecule has 0 heterocycles. The van der Waals surface area contributed by atoms with Gasteiger partial charge in [-0.1, -0.05) is 19.1 Å². The minimum absolute atomic E-state index is 0.0602. The number of carbonyl (C=O) groups is 2. The number of nitrogens with one attached hydrogen (secondary N) is 2. The number of amides is 2. The third kappa shape index (κ3) is 5.41. The van der Waals surface area contributed by atoms with Crippen LogP contribution in [-0.2, 0) is 11.2 Å². The van der Waals surface area contributed by atoms with Crippen LogP contribution in [0.1, 0.15) is 25.8 Å². The second kappa shape index (κ2) is 7.61. The predicted molar refractivity (Wildman–Crippen MR) is 77.5 cm³/mol. The zero-order valence-corrected chi connectivity index (χ0v) is 12.3. The van der Waals surface area contributed by atoms with Crippen LogP contribution in [0.4, 0.5) is 9.18 Å². The molecule has 0 spiro atoms. The Kier molecular flexibility index (Phi) is 6.14. The molecule has 6 heteroatoms. The van der Waals surface area contributed by atoms with Crippen LogP contribution in [0.5, 0.6) is 0 Å². The number of aliphatic carboxylic acids is 1. The van der Waals surface area contributed by atoms with Crippen molar-refractivity contribution in [3.8, 4) is 0 Å². The fourth-order valence-electron chi connectivity index (χ4n) is 1.70. The summed E-state index contributed by atoms with van der Waals surface area (Å²) in [6, 6.07) is 5.75. The molecule has 0 bridgehead atoms. The van der Waals surface area contributed by atoms with E-state index in [-0.39, 0.29) is 12.4 Å². The van der Waals surface area contributed by atoms with Gasteiger partial charge in [-0.3, -0.25) is 4.79 Å². The van der Waals surface area contributed by atoms with Gasteiger partial charge in [0.1, 0.15) is 5.82 Å². The van der Waals surface area contributed by atoms with Gasteiger partial charge in [-0.05, 0) is 37.5 Å². The molecule has 1 aromatic rings. The first-order valence-electron chi connectivity index (χ1n) is 6.87. The van der Waals surface area contributed by atoms with E-state index < -0.39 is 17.4 Å². The summed E-state index contributed by atoms with van der Waals surface area (Å²) in [5, 5.41) is 14.3. The maximum Gasteiger partial charge on any atom is 0.314 e. The molecule has 0 aliphatic heterocycles. The molecule has 1 aromatic carbocycles. The normalized spacial score (nSPS) is 13.3. The monoisotopic (exact) mass is 296 g/mol. The Balaban J connectivity index is 2.33. The number of hydrogen-bond donors (Lipinski definition) is 3. The predicted octanol–water partition coefficient (Wildman–Crippen LogP) is 2.17. The van der Waals surface area contributed by atoms with Crippen molar-refractivity contribution in [2.75, 3.05) is 13.1 Å². The number of urea groups is 1. The van der Waals surface area contributed by atoms with E-state index in [0.29, 0.717) is 19.4 Å². The van der Waals surface area contributed by atoms with E-state index >= 15 is 0 Å². The van der Waals surface area contributed by atoms with Crippen LogP contribution in [0.3, 0.4) is 0 Å². The van der Waals surface area contributed by atoms with Crippen LogP contribution in [0.15, 0.2) is 24.3 Å². The molecule has 0 aromatic heterocycles. The summed E-state index contributed by atoms with van der Waals surface area (Å²) in [5.74, 6) is -1.25. The molecule has 0 aliphatic rings. The Morgan fingerprint density at radius 2 is 2.05 bits per heavy atom. The van der Waals surface area contributed by atoms with Gasteiger partial charge in [-0.15, -0.1) is 0 Å². The highest BCUT2D eigenvalue weighted by Gasteiger charge is 2.31. The van der Waals surface area contributed by atoms with Crippen molar-refractivity contribution in [1.82, 2.24) is 10.6 Å². The zero-order chi connectivity index (χ0) is 15.9. The molecule has 0 radical (unpaired) electrons. The molecule has 5 nitrogen and oxygen atoms in total. The van der Waals surface area contributed by atoms with Crippen molar-refractivity contribution in [1.29, 1.82) is 0 Å². The minimum atomic E-state index is -0.972. The molecule has 0 saturated carbocycles. The molecular formula is C15H21FN2O3. The van der Waals surface area contributed by atoms with Crippen LogP contribution in [0, 0.1) is 11.2 Å². The zero-order valence-electron chi connectivity index (χ0n) is 12.3. The Hall–Kier alpha value is -2.11. The Labute approximate surface area is 123 Å². The van der Waals surface area contributed by atoms with Gasteiger partial charge in [0.25, 0.3) is 0 Å². The van der Waals surface area contributed by atoms with Crippen LogP contribution < -0.4 is 10.6 Å². The summed E-state index contributed by atoms with van der Waals surface area (Å²) in [6.45, 7) is 3.76. The average Bonchev–Trinajstić information content (AvgIpc) is 2.44. The molecule has 0 aliphatic carbocycles. The summed E-state index contributed by atoms with van der Waals surface area (Å²) in [6.07, 6.45) is 0.932. The average molecular weight is 296 g/mol. The SMILES string of the molecule is CCC(C)(CNC(=O)NCCc1cccc(F)c1)C(=O)O. The van der Waals surface area contributed by atoms with E-state index in [9.17, 15) is 14.0 Å². The number of carboxylic acid groups (broad SMARTS) is 1. The van der Waals surface area contributed by atoms with Gasteiger partial charge in [0.2, 0.25) is 0 Å². The van der Waals surface area contributed by atoms with Crippen molar-refractivity contribution < 1.29 is 19.1 Å². The highest BCUT2D eigenvalue weighted by Crippen LogP contribution is 2.19. The van der Waals surface area contributed by atoms with Gasteiger partial charge in [-0.25, -0.2) is 9.18 Å². The molecule has 0 saturated heterocycles. The highest BCUT2D eigenvalue weighted by atomic mass is 19.1. The fraction of sp³-hybridized carbons (Fsp3) is 0.467. The van der Waals surface area contributed by atoms with Gasteiger partial charge in [-0.2, -0.15) is 0 Å². The summed E-state index contributed by atoms with van der Waals surface area (Å²) < 4.78 is 13.0. The third-order valence-electron chi connectivity index (χ3n) is 3.52. The highest BCUT2D eigenvalue weighted by molar-refractivity contribution is 5.77. The topological polar surface area (TPSA) is 78.4 Å². The second-order valence-corrected chi connectivity index (χ2v) is 5.21. The molecular weight excluding hydrogens is 275 g/mol. The molecule has 3 N–H and O–H groups in total. The number of carboxylic acids is 1. The lowest BCUT2D eigenvalue weighted by Gasteiger charge is -2.23. The van der Waals surface area contributed by atoms with E-state index in [2.05, 4.69) is 10.6 Å². The number of carbonyl (C=O) groups excluding carboxylic acids is 1. The molecule has 21 heavy (non-hydrogen) atoms. The first-order chi connectivity index (χ1) is 9.87. The van der Waals surface area contributed by atoms with Gasteiger partial charge in [0.05, 0.1) is 5.41 Å². The summed E-state index contributed by atoms with van der Waals surface area (Å²) in [5.41, 5.74) is -0.181. The van der Waals surface area contributed by atoms with E-state index in [4.69, 9.17) is 5.11 Å². The number of rotatable bonds is 7. The Morgan fingerprint density at radius 3 is 2.62 bits per heavy atom. The first-order valence-corrected chi connectivity index (χ1v) is 6.87. The lowest BCUT2D eigenvalue weighted by molar-refractivity contribution is -0.147. The van der Waals surface area contributed by atoms with Crippen molar-refractivity contribution >= 4 is 12.0 Å². The molecule has 116 valence electrons. The van der Waals surface area contributed by atoms with Crippen LogP contribution in [0.2, 0.25) is 0 Å². The largest absolute Gasteiger partial charge is 0.481 e. The van der Waals surface area contributed by atoms with E-state index in [1.165, 1.54) is 12.1 Å². The summed E-state index contributed by atoms with van der Waals surface area (Å²) in [7, 11) is 0. The fourth-order valence-corrected chi connectivity index (χ4v) is 1.70. The van der Waals surface area contributed by atoms with Crippen molar-refractivity contribution in [2.24, 2.45) is 5.41 Å². The molecule has 2 amide bonds. The van der Waals surface area contributed by atoms with Gasteiger partial charge in [0, 0.05) is 13.1 Å². The Bertz CT molecular complexity index is 507. The maximum atomic E-state index is 13.0. The van der Waals surface area contributed by atoms with Crippen molar-refractivity contribution in [3.05, 3.63) is 35.6 Å².